The van der Waals surface area contributed by atoms with Gasteiger partial charge < -0.3 is 10.1 Å². The van der Waals surface area contributed by atoms with Crippen molar-refractivity contribution in [2.45, 2.75) is 6.61 Å². The van der Waals surface area contributed by atoms with Gasteiger partial charge in [-0.1, -0.05) is 18.2 Å². The van der Waals surface area contributed by atoms with E-state index in [1.165, 1.54) is 0 Å². The number of anilines is 2. The molecule has 0 heterocycles. The van der Waals surface area contributed by atoms with Crippen molar-refractivity contribution in [3.8, 4) is 6.07 Å². The molecule has 0 aliphatic rings. The number of benzene rings is 2. The van der Waals surface area contributed by atoms with E-state index in [4.69, 9.17) is 10.00 Å². The number of nitriles is 1. The minimum absolute atomic E-state index is 0.161. The van der Waals surface area contributed by atoms with Crippen molar-refractivity contribution in [3.05, 3.63) is 57.8 Å². The zero-order valence-electron chi connectivity index (χ0n) is 10.8. The lowest BCUT2D eigenvalue weighted by atomic mass is 10.1. The first-order valence-corrected chi connectivity index (χ1v) is 6.68. The molecule has 2 rings (SSSR count). The number of ether oxygens (including phenoxy) is 1. The van der Waals surface area contributed by atoms with E-state index in [1.807, 2.05) is 30.3 Å². The molecular formula is C15H12BrFN2O. The Morgan fingerprint density at radius 3 is 2.70 bits per heavy atom. The van der Waals surface area contributed by atoms with E-state index in [0.717, 1.165) is 11.3 Å². The molecule has 0 saturated carbocycles. The van der Waals surface area contributed by atoms with Crippen LogP contribution in [0, 0.1) is 17.1 Å². The highest BCUT2D eigenvalue weighted by Crippen LogP contribution is 2.30. The van der Waals surface area contributed by atoms with Crippen LogP contribution in [0.25, 0.3) is 0 Å². The van der Waals surface area contributed by atoms with Crippen molar-refractivity contribution in [1.82, 2.24) is 0 Å². The number of methoxy groups -OCH3 is 1. The van der Waals surface area contributed by atoms with Crippen LogP contribution < -0.4 is 5.32 Å². The number of nitrogens with one attached hydrogen (secondary N) is 1. The SMILES string of the molecule is COCc1ccccc1Nc1ccc(C#N)c(Br)c1F. The van der Waals surface area contributed by atoms with Crippen molar-refractivity contribution in [1.29, 1.82) is 5.26 Å². The lowest BCUT2D eigenvalue weighted by Gasteiger charge is -2.13. The van der Waals surface area contributed by atoms with Crippen LogP contribution in [0.1, 0.15) is 11.1 Å². The molecule has 0 aliphatic heterocycles. The van der Waals surface area contributed by atoms with Crippen LogP contribution in [-0.2, 0) is 11.3 Å². The Bertz CT molecular complexity index is 667. The summed E-state index contributed by atoms with van der Waals surface area (Å²) in [5.41, 5.74) is 2.26. The van der Waals surface area contributed by atoms with Gasteiger partial charge in [-0.05, 0) is 34.1 Å². The average molecular weight is 335 g/mol. The molecule has 0 saturated heterocycles. The van der Waals surface area contributed by atoms with Crippen LogP contribution in [-0.4, -0.2) is 7.11 Å². The standard InChI is InChI=1S/C15H12BrFN2O/c1-20-9-11-4-2-3-5-12(11)19-13-7-6-10(8-18)14(16)15(13)17/h2-7,19H,9H2,1H3. The van der Waals surface area contributed by atoms with Crippen molar-refractivity contribution in [3.63, 3.8) is 0 Å². The first-order chi connectivity index (χ1) is 9.67. The predicted molar refractivity (Wildman–Crippen MR) is 79.3 cm³/mol. The van der Waals surface area contributed by atoms with Crippen molar-refractivity contribution >= 4 is 27.3 Å². The molecular weight excluding hydrogens is 323 g/mol. The van der Waals surface area contributed by atoms with Gasteiger partial charge in [0.1, 0.15) is 6.07 Å². The molecule has 0 unspecified atom stereocenters. The van der Waals surface area contributed by atoms with Crippen molar-refractivity contribution in [2.75, 3.05) is 12.4 Å². The number of nitrogens with zero attached hydrogens (tertiary/aromatic N) is 1. The Labute approximate surface area is 125 Å². The molecule has 0 radical (unpaired) electrons. The van der Waals surface area contributed by atoms with Crippen LogP contribution in [0.15, 0.2) is 40.9 Å². The van der Waals surface area contributed by atoms with E-state index >= 15 is 0 Å². The second-order valence-electron chi connectivity index (χ2n) is 4.12. The van der Waals surface area contributed by atoms with Crippen molar-refractivity contribution < 1.29 is 9.13 Å². The van der Waals surface area contributed by atoms with E-state index in [9.17, 15) is 4.39 Å². The highest BCUT2D eigenvalue weighted by Gasteiger charge is 2.12. The highest BCUT2D eigenvalue weighted by molar-refractivity contribution is 9.10. The summed E-state index contributed by atoms with van der Waals surface area (Å²) < 4.78 is 19.4. The Balaban J connectivity index is 2.36. The first-order valence-electron chi connectivity index (χ1n) is 5.89. The average Bonchev–Trinajstić information content (AvgIpc) is 2.46. The summed E-state index contributed by atoms with van der Waals surface area (Å²) in [5, 5.41) is 11.9. The predicted octanol–water partition coefficient (Wildman–Crippen LogP) is 4.35. The number of para-hydroxylation sites is 1. The molecule has 2 aromatic carbocycles. The second kappa shape index (κ2) is 6.51. The third kappa shape index (κ3) is 2.98. The fourth-order valence-electron chi connectivity index (χ4n) is 1.80. The molecule has 0 atom stereocenters. The van der Waals surface area contributed by atoms with Gasteiger partial charge in [0, 0.05) is 18.4 Å². The summed E-state index contributed by atoms with van der Waals surface area (Å²) >= 11 is 3.09. The molecule has 20 heavy (non-hydrogen) atoms. The normalized spacial score (nSPS) is 10.1. The van der Waals surface area contributed by atoms with Crippen LogP contribution >= 0.6 is 15.9 Å². The lowest BCUT2D eigenvalue weighted by molar-refractivity contribution is 0.185. The van der Waals surface area contributed by atoms with Crippen LogP contribution in [0.3, 0.4) is 0 Å². The fraction of sp³-hybridized carbons (Fsp3) is 0.133. The molecule has 0 amide bonds. The van der Waals surface area contributed by atoms with Crippen molar-refractivity contribution in [2.24, 2.45) is 0 Å². The monoisotopic (exact) mass is 334 g/mol. The molecule has 0 fully saturated rings. The van der Waals surface area contributed by atoms with Gasteiger partial charge in [0.15, 0.2) is 5.82 Å². The van der Waals surface area contributed by atoms with Gasteiger partial charge in [-0.2, -0.15) is 5.26 Å². The quantitative estimate of drug-likeness (QED) is 0.903. The summed E-state index contributed by atoms with van der Waals surface area (Å²) in [6.45, 7) is 0.433. The van der Waals surface area contributed by atoms with Gasteiger partial charge in [0.05, 0.1) is 22.3 Å². The maximum absolute atomic E-state index is 14.2. The summed E-state index contributed by atoms with van der Waals surface area (Å²) in [6, 6.07) is 12.5. The van der Waals surface area contributed by atoms with Gasteiger partial charge >= 0.3 is 0 Å². The zero-order chi connectivity index (χ0) is 14.5. The summed E-state index contributed by atoms with van der Waals surface area (Å²) in [6.07, 6.45) is 0. The second-order valence-corrected chi connectivity index (χ2v) is 4.91. The van der Waals surface area contributed by atoms with Gasteiger partial charge in [-0.15, -0.1) is 0 Å². The maximum atomic E-state index is 14.2. The smallest absolute Gasteiger partial charge is 0.162 e. The molecule has 1 N–H and O–H groups in total. The maximum Gasteiger partial charge on any atom is 0.162 e. The lowest BCUT2D eigenvalue weighted by Crippen LogP contribution is -2.00. The highest BCUT2D eigenvalue weighted by atomic mass is 79.9. The number of hydrogen-bond acceptors (Lipinski definition) is 3. The summed E-state index contributed by atoms with van der Waals surface area (Å²) in [4.78, 5) is 0. The van der Waals surface area contributed by atoms with Gasteiger partial charge in [-0.25, -0.2) is 4.39 Å². The minimum atomic E-state index is -0.490. The third-order valence-corrected chi connectivity index (χ3v) is 3.56. The number of hydrogen-bond donors (Lipinski definition) is 1. The van der Waals surface area contributed by atoms with Gasteiger partial charge in [0.25, 0.3) is 0 Å². The van der Waals surface area contributed by atoms with Gasteiger partial charge in [0.2, 0.25) is 0 Å². The van der Waals surface area contributed by atoms with E-state index in [2.05, 4.69) is 21.2 Å². The summed E-state index contributed by atoms with van der Waals surface area (Å²) in [7, 11) is 1.61. The first kappa shape index (κ1) is 14.5. The zero-order valence-corrected chi connectivity index (χ0v) is 12.4. The van der Waals surface area contributed by atoms with Crippen LogP contribution in [0.4, 0.5) is 15.8 Å². The van der Waals surface area contributed by atoms with Crippen LogP contribution in [0.5, 0.6) is 0 Å². The largest absolute Gasteiger partial charge is 0.380 e. The van der Waals surface area contributed by atoms with E-state index in [0.29, 0.717) is 12.3 Å². The minimum Gasteiger partial charge on any atom is -0.380 e. The molecule has 3 nitrogen and oxygen atoms in total. The summed E-state index contributed by atoms with van der Waals surface area (Å²) in [5.74, 6) is -0.490. The third-order valence-electron chi connectivity index (χ3n) is 2.79. The molecule has 2 aromatic rings. The van der Waals surface area contributed by atoms with E-state index in [1.54, 1.807) is 19.2 Å². The molecule has 0 bridgehead atoms. The van der Waals surface area contributed by atoms with E-state index < -0.39 is 5.82 Å². The topological polar surface area (TPSA) is 45.0 Å². The number of halogens is 2. The van der Waals surface area contributed by atoms with E-state index in [-0.39, 0.29) is 10.0 Å². The molecule has 0 aromatic heterocycles. The number of rotatable bonds is 4. The fourth-order valence-corrected chi connectivity index (χ4v) is 2.24. The Hall–Kier alpha value is -1.90. The Morgan fingerprint density at radius 2 is 2.00 bits per heavy atom. The van der Waals surface area contributed by atoms with Gasteiger partial charge in [-0.3, -0.25) is 0 Å². The molecule has 102 valence electrons. The molecule has 0 spiro atoms. The Morgan fingerprint density at radius 1 is 1.25 bits per heavy atom. The Kier molecular flexibility index (Phi) is 4.72. The molecule has 0 aliphatic carbocycles. The van der Waals surface area contributed by atoms with Crippen LogP contribution in [0.2, 0.25) is 0 Å². The molecule has 5 heteroatoms.